The summed E-state index contributed by atoms with van der Waals surface area (Å²) in [6.45, 7) is 4.42. The molecule has 0 aromatic carbocycles. The SMILES string of the molecule is CCCCCCCCCCCC(=O)CC(O)NC(=O)CCC(=O)OC(N)CC(=O)CCCCCCCCCCC. The van der Waals surface area contributed by atoms with Crippen LogP contribution in [-0.4, -0.2) is 41.0 Å². The molecule has 1 amide bonds. The third kappa shape index (κ3) is 26.4. The zero-order valence-electron chi connectivity index (χ0n) is 25.7. The number of esters is 1. The van der Waals surface area contributed by atoms with Gasteiger partial charge in [0.15, 0.2) is 6.23 Å². The predicted octanol–water partition coefficient (Wildman–Crippen LogP) is 6.79. The van der Waals surface area contributed by atoms with Crippen LogP contribution < -0.4 is 11.1 Å². The molecular formula is C32H60N2O6. The number of ketones is 2. The number of unbranched alkanes of at least 4 members (excludes halogenated alkanes) is 16. The van der Waals surface area contributed by atoms with E-state index in [0.29, 0.717) is 12.8 Å². The van der Waals surface area contributed by atoms with Gasteiger partial charge in [0.2, 0.25) is 5.91 Å². The molecule has 0 aliphatic rings. The number of carbonyl (C=O) groups is 4. The van der Waals surface area contributed by atoms with Crippen LogP contribution >= 0.6 is 0 Å². The Hall–Kier alpha value is -1.80. The number of ether oxygens (including phenoxy) is 1. The number of rotatable bonds is 29. The molecule has 234 valence electrons. The van der Waals surface area contributed by atoms with Crippen molar-refractivity contribution >= 4 is 23.4 Å². The largest absolute Gasteiger partial charge is 0.446 e. The molecule has 0 radical (unpaired) electrons. The maximum absolute atomic E-state index is 12.1. The van der Waals surface area contributed by atoms with Crippen LogP contribution in [0.4, 0.5) is 0 Å². The van der Waals surface area contributed by atoms with Gasteiger partial charge in [0.1, 0.15) is 17.8 Å². The number of hydrogen-bond donors (Lipinski definition) is 3. The molecule has 0 bridgehead atoms. The normalized spacial score (nSPS) is 12.6. The van der Waals surface area contributed by atoms with E-state index < -0.39 is 24.3 Å². The van der Waals surface area contributed by atoms with Gasteiger partial charge in [0.25, 0.3) is 0 Å². The van der Waals surface area contributed by atoms with E-state index in [1.54, 1.807) is 0 Å². The topological polar surface area (TPSA) is 136 Å². The summed E-state index contributed by atoms with van der Waals surface area (Å²) in [5.74, 6) is -1.34. The lowest BCUT2D eigenvalue weighted by Gasteiger charge is -2.14. The number of carbonyl (C=O) groups excluding carboxylic acids is 4. The van der Waals surface area contributed by atoms with Crippen molar-refractivity contribution < 1.29 is 29.0 Å². The molecule has 8 nitrogen and oxygen atoms in total. The Kier molecular flexibility index (Phi) is 26.1. The summed E-state index contributed by atoms with van der Waals surface area (Å²) in [7, 11) is 0. The number of Topliss-reactive ketones (excluding diaryl/α,β-unsaturated/α-hetero) is 2. The van der Waals surface area contributed by atoms with Gasteiger partial charge in [-0.2, -0.15) is 0 Å². The van der Waals surface area contributed by atoms with Gasteiger partial charge in [-0.25, -0.2) is 0 Å². The lowest BCUT2D eigenvalue weighted by atomic mass is 10.0. The Morgan fingerprint density at radius 1 is 0.600 bits per heavy atom. The average Bonchev–Trinajstić information content (AvgIpc) is 2.89. The van der Waals surface area contributed by atoms with Gasteiger partial charge in [0.05, 0.1) is 19.3 Å². The number of hydrogen-bond acceptors (Lipinski definition) is 7. The first-order valence-electron chi connectivity index (χ1n) is 16.2. The molecule has 0 rings (SSSR count). The Morgan fingerprint density at radius 3 is 1.45 bits per heavy atom. The third-order valence-electron chi connectivity index (χ3n) is 7.13. The fourth-order valence-corrected chi connectivity index (χ4v) is 4.70. The van der Waals surface area contributed by atoms with Gasteiger partial charge in [-0.15, -0.1) is 0 Å². The molecule has 0 saturated carbocycles. The summed E-state index contributed by atoms with van der Waals surface area (Å²) in [5, 5.41) is 12.3. The van der Waals surface area contributed by atoms with E-state index in [1.165, 1.54) is 77.0 Å². The summed E-state index contributed by atoms with van der Waals surface area (Å²) in [6.07, 6.45) is 19.0. The van der Waals surface area contributed by atoms with Crippen molar-refractivity contribution in [3.8, 4) is 0 Å². The third-order valence-corrected chi connectivity index (χ3v) is 7.13. The van der Waals surface area contributed by atoms with Crippen molar-refractivity contribution in [3.05, 3.63) is 0 Å². The molecule has 0 heterocycles. The fourth-order valence-electron chi connectivity index (χ4n) is 4.70. The lowest BCUT2D eigenvalue weighted by molar-refractivity contribution is -0.151. The fraction of sp³-hybridized carbons (Fsp3) is 0.875. The Balaban J connectivity index is 3.80. The molecule has 0 saturated heterocycles. The summed E-state index contributed by atoms with van der Waals surface area (Å²) in [5.41, 5.74) is 5.78. The van der Waals surface area contributed by atoms with Gasteiger partial charge in [0, 0.05) is 19.3 Å². The Morgan fingerprint density at radius 2 is 1.00 bits per heavy atom. The lowest BCUT2D eigenvalue weighted by Crippen LogP contribution is -2.36. The van der Waals surface area contributed by atoms with Crippen molar-refractivity contribution in [2.45, 2.75) is 180 Å². The highest BCUT2D eigenvalue weighted by atomic mass is 16.6. The van der Waals surface area contributed by atoms with Crippen LogP contribution in [-0.2, 0) is 23.9 Å². The van der Waals surface area contributed by atoms with Crippen LogP contribution in [0.25, 0.3) is 0 Å². The second-order valence-electron chi connectivity index (χ2n) is 11.3. The molecule has 0 aliphatic carbocycles. The molecule has 2 unspecified atom stereocenters. The van der Waals surface area contributed by atoms with Crippen molar-refractivity contribution in [2.24, 2.45) is 5.73 Å². The number of amides is 1. The summed E-state index contributed by atoms with van der Waals surface area (Å²) in [4.78, 5) is 48.1. The average molecular weight is 569 g/mol. The maximum atomic E-state index is 12.1. The van der Waals surface area contributed by atoms with E-state index in [4.69, 9.17) is 10.5 Å². The highest BCUT2D eigenvalue weighted by molar-refractivity contribution is 5.83. The van der Waals surface area contributed by atoms with Crippen molar-refractivity contribution in [3.63, 3.8) is 0 Å². The second-order valence-corrected chi connectivity index (χ2v) is 11.3. The minimum absolute atomic E-state index is 0.0313. The number of aliphatic hydroxyl groups excluding tert-OH is 1. The minimum atomic E-state index is -1.27. The van der Waals surface area contributed by atoms with Crippen molar-refractivity contribution in [1.82, 2.24) is 5.32 Å². The van der Waals surface area contributed by atoms with Crippen molar-refractivity contribution in [1.29, 1.82) is 0 Å². The molecular weight excluding hydrogens is 508 g/mol. The summed E-state index contributed by atoms with van der Waals surface area (Å²) in [6, 6.07) is 0. The standard InChI is InChI=1S/C32H60N2O6/c1-3-5-7-9-11-13-15-17-19-21-27(35)25-29(33)40-32(39)24-23-30(37)34-31(38)26-28(36)22-20-18-16-14-12-10-8-6-4-2/h29,31,38H,3-26,33H2,1-2H3,(H,34,37). The summed E-state index contributed by atoms with van der Waals surface area (Å²) >= 11 is 0. The first kappa shape index (κ1) is 38.2. The van der Waals surface area contributed by atoms with Crippen LogP contribution in [0.1, 0.15) is 168 Å². The van der Waals surface area contributed by atoms with Crippen molar-refractivity contribution in [2.75, 3.05) is 0 Å². The molecule has 8 heteroatoms. The van der Waals surface area contributed by atoms with Crippen LogP contribution in [0.15, 0.2) is 0 Å². The van der Waals surface area contributed by atoms with Crippen LogP contribution in [0, 0.1) is 0 Å². The molecule has 0 aromatic heterocycles. The minimum Gasteiger partial charge on any atom is -0.446 e. The molecule has 4 N–H and O–H groups in total. The first-order chi connectivity index (χ1) is 19.3. The maximum Gasteiger partial charge on any atom is 0.307 e. The monoisotopic (exact) mass is 568 g/mol. The quantitative estimate of drug-likeness (QED) is 0.0513. The van der Waals surface area contributed by atoms with E-state index in [0.717, 1.165) is 38.5 Å². The van der Waals surface area contributed by atoms with Crippen LogP contribution in [0.5, 0.6) is 0 Å². The molecule has 0 fully saturated rings. The van der Waals surface area contributed by atoms with E-state index >= 15 is 0 Å². The molecule has 0 aromatic rings. The zero-order chi connectivity index (χ0) is 29.8. The van der Waals surface area contributed by atoms with Crippen LogP contribution in [0.2, 0.25) is 0 Å². The predicted molar refractivity (Wildman–Crippen MR) is 160 cm³/mol. The van der Waals surface area contributed by atoms with Gasteiger partial charge >= 0.3 is 5.97 Å². The van der Waals surface area contributed by atoms with E-state index in [2.05, 4.69) is 19.2 Å². The van der Waals surface area contributed by atoms with Crippen LogP contribution in [0.3, 0.4) is 0 Å². The molecule has 0 aliphatic heterocycles. The molecule has 2 atom stereocenters. The molecule has 40 heavy (non-hydrogen) atoms. The highest BCUT2D eigenvalue weighted by Crippen LogP contribution is 2.13. The molecule has 0 spiro atoms. The summed E-state index contributed by atoms with van der Waals surface area (Å²) < 4.78 is 5.05. The van der Waals surface area contributed by atoms with Gasteiger partial charge in [-0.1, -0.05) is 117 Å². The number of nitrogens with one attached hydrogen (secondary N) is 1. The van der Waals surface area contributed by atoms with Gasteiger partial charge < -0.3 is 15.2 Å². The Labute approximate surface area is 243 Å². The first-order valence-corrected chi connectivity index (χ1v) is 16.2. The Bertz CT molecular complexity index is 614. The number of nitrogens with two attached hydrogens (primary N) is 1. The van der Waals surface area contributed by atoms with Gasteiger partial charge in [-0.3, -0.25) is 24.9 Å². The smallest absolute Gasteiger partial charge is 0.307 e. The second kappa shape index (κ2) is 27.4. The van der Waals surface area contributed by atoms with E-state index in [1.807, 2.05) is 0 Å². The van der Waals surface area contributed by atoms with E-state index in [9.17, 15) is 24.3 Å². The number of aliphatic hydroxyl groups is 1. The van der Waals surface area contributed by atoms with Gasteiger partial charge in [-0.05, 0) is 12.8 Å². The van der Waals surface area contributed by atoms with E-state index in [-0.39, 0.29) is 37.2 Å². The highest BCUT2D eigenvalue weighted by Gasteiger charge is 2.17. The zero-order valence-corrected chi connectivity index (χ0v) is 25.7.